The maximum absolute atomic E-state index is 12.7. The van der Waals surface area contributed by atoms with Crippen molar-refractivity contribution >= 4 is 11.9 Å². The van der Waals surface area contributed by atoms with Gasteiger partial charge in [0.15, 0.2) is 0 Å². The number of aromatic nitrogens is 1. The van der Waals surface area contributed by atoms with Gasteiger partial charge in [0.25, 0.3) is 0 Å². The van der Waals surface area contributed by atoms with Gasteiger partial charge < -0.3 is 4.74 Å². The summed E-state index contributed by atoms with van der Waals surface area (Å²) in [6, 6.07) is 11.9. The van der Waals surface area contributed by atoms with Crippen LogP contribution in [0.4, 0.5) is 10.6 Å². The predicted molar refractivity (Wildman–Crippen MR) is 92.6 cm³/mol. The maximum Gasteiger partial charge on any atom is 0.416 e. The van der Waals surface area contributed by atoms with Crippen molar-refractivity contribution in [1.29, 1.82) is 0 Å². The molecule has 0 spiro atoms. The van der Waals surface area contributed by atoms with Gasteiger partial charge in [-0.25, -0.2) is 9.78 Å². The molecule has 0 saturated heterocycles. The van der Waals surface area contributed by atoms with E-state index < -0.39 is 5.60 Å². The number of anilines is 1. The Balaban J connectivity index is 2.35. The molecule has 1 heterocycles. The van der Waals surface area contributed by atoms with Crippen LogP contribution < -0.4 is 4.90 Å². The van der Waals surface area contributed by atoms with E-state index in [9.17, 15) is 4.79 Å². The number of carbonyl (C=O) groups excluding carboxylic acids is 1. The number of pyridine rings is 1. The highest BCUT2D eigenvalue weighted by atomic mass is 16.6. The molecule has 0 saturated carbocycles. The van der Waals surface area contributed by atoms with E-state index in [2.05, 4.69) is 11.1 Å². The minimum absolute atomic E-state index is 0.388. The first-order valence-corrected chi connectivity index (χ1v) is 7.74. The first kappa shape index (κ1) is 17.0. The van der Waals surface area contributed by atoms with E-state index in [-0.39, 0.29) is 6.09 Å². The molecule has 0 radical (unpaired) electrons. The molecule has 122 valence electrons. The summed E-state index contributed by atoms with van der Waals surface area (Å²) in [4.78, 5) is 18.6. The number of aryl methyl sites for hydroxylation is 2. The zero-order chi connectivity index (χ0) is 17.0. The number of nitrogens with zero attached hydrogens (tertiary/aromatic N) is 2. The predicted octanol–water partition coefficient (Wildman–Crippen LogP) is 4.64. The highest BCUT2D eigenvalue weighted by Crippen LogP contribution is 2.22. The fraction of sp³-hybridized carbons (Fsp3) is 0.368. The SMILES string of the molecule is Cc1cccc(CN(C(=O)OC(C)(C)C)c2ncccc2C)c1. The summed E-state index contributed by atoms with van der Waals surface area (Å²) in [5, 5.41) is 0. The average Bonchev–Trinajstić information content (AvgIpc) is 2.44. The summed E-state index contributed by atoms with van der Waals surface area (Å²) in [5.41, 5.74) is 2.58. The molecule has 4 nitrogen and oxygen atoms in total. The number of hydrogen-bond donors (Lipinski definition) is 0. The monoisotopic (exact) mass is 312 g/mol. The third-order valence-corrected chi connectivity index (χ3v) is 3.27. The third-order valence-electron chi connectivity index (χ3n) is 3.27. The number of benzene rings is 1. The zero-order valence-electron chi connectivity index (χ0n) is 14.5. The van der Waals surface area contributed by atoms with Crippen molar-refractivity contribution < 1.29 is 9.53 Å². The lowest BCUT2D eigenvalue weighted by Gasteiger charge is -2.27. The van der Waals surface area contributed by atoms with E-state index in [0.717, 1.165) is 16.7 Å². The van der Waals surface area contributed by atoms with Crippen molar-refractivity contribution in [1.82, 2.24) is 4.98 Å². The summed E-state index contributed by atoms with van der Waals surface area (Å²) in [7, 11) is 0. The van der Waals surface area contributed by atoms with Gasteiger partial charge in [0, 0.05) is 6.20 Å². The molecule has 0 fully saturated rings. The van der Waals surface area contributed by atoms with Crippen LogP contribution in [0.3, 0.4) is 0 Å². The van der Waals surface area contributed by atoms with Crippen LogP contribution in [-0.4, -0.2) is 16.7 Å². The number of hydrogen-bond acceptors (Lipinski definition) is 3. The van der Waals surface area contributed by atoms with Gasteiger partial charge in [-0.2, -0.15) is 0 Å². The van der Waals surface area contributed by atoms with E-state index in [0.29, 0.717) is 12.4 Å². The smallest absolute Gasteiger partial charge is 0.416 e. The van der Waals surface area contributed by atoms with E-state index in [1.165, 1.54) is 0 Å². The second-order valence-electron chi connectivity index (χ2n) is 6.70. The number of amides is 1. The number of ether oxygens (including phenoxy) is 1. The van der Waals surface area contributed by atoms with E-state index in [4.69, 9.17) is 4.74 Å². The average molecular weight is 312 g/mol. The summed E-state index contributed by atoms with van der Waals surface area (Å²) in [6.45, 7) is 9.99. The summed E-state index contributed by atoms with van der Waals surface area (Å²) >= 11 is 0. The second kappa shape index (κ2) is 6.82. The summed E-state index contributed by atoms with van der Waals surface area (Å²) < 4.78 is 5.56. The lowest BCUT2D eigenvalue weighted by molar-refractivity contribution is 0.0576. The lowest BCUT2D eigenvalue weighted by atomic mass is 10.1. The van der Waals surface area contributed by atoms with Gasteiger partial charge in [0.1, 0.15) is 11.4 Å². The Bertz CT molecular complexity index is 690. The normalized spacial score (nSPS) is 11.2. The molecular weight excluding hydrogens is 288 g/mol. The molecule has 4 heteroatoms. The zero-order valence-corrected chi connectivity index (χ0v) is 14.5. The van der Waals surface area contributed by atoms with Gasteiger partial charge in [-0.1, -0.05) is 35.9 Å². The molecule has 23 heavy (non-hydrogen) atoms. The van der Waals surface area contributed by atoms with Crippen LogP contribution in [0.2, 0.25) is 0 Å². The Labute approximate surface area is 138 Å². The van der Waals surface area contributed by atoms with E-state index in [1.54, 1.807) is 11.1 Å². The molecule has 1 aromatic carbocycles. The van der Waals surface area contributed by atoms with Gasteiger partial charge in [0.2, 0.25) is 0 Å². The molecule has 2 rings (SSSR count). The second-order valence-corrected chi connectivity index (χ2v) is 6.70. The Morgan fingerprint density at radius 2 is 1.91 bits per heavy atom. The van der Waals surface area contributed by atoms with Crippen molar-refractivity contribution in [3.8, 4) is 0 Å². The molecule has 0 aliphatic carbocycles. The van der Waals surface area contributed by atoms with Gasteiger partial charge in [-0.3, -0.25) is 4.90 Å². The van der Waals surface area contributed by atoms with Crippen LogP contribution in [0.15, 0.2) is 42.6 Å². The Hall–Kier alpha value is -2.36. The molecule has 1 aromatic heterocycles. The molecule has 0 bridgehead atoms. The fourth-order valence-electron chi connectivity index (χ4n) is 2.30. The van der Waals surface area contributed by atoms with Gasteiger partial charge >= 0.3 is 6.09 Å². The van der Waals surface area contributed by atoms with E-state index in [1.807, 2.05) is 65.0 Å². The molecule has 0 N–H and O–H groups in total. The van der Waals surface area contributed by atoms with Gasteiger partial charge in [-0.15, -0.1) is 0 Å². The van der Waals surface area contributed by atoms with Crippen LogP contribution in [0.1, 0.15) is 37.5 Å². The molecule has 0 aliphatic heterocycles. The molecule has 0 atom stereocenters. The van der Waals surface area contributed by atoms with Crippen LogP contribution in [0, 0.1) is 13.8 Å². The highest BCUT2D eigenvalue weighted by Gasteiger charge is 2.25. The number of rotatable bonds is 3. The summed E-state index contributed by atoms with van der Waals surface area (Å²) in [6.07, 6.45) is 1.30. The first-order valence-electron chi connectivity index (χ1n) is 7.74. The van der Waals surface area contributed by atoms with Crippen molar-refractivity contribution in [3.63, 3.8) is 0 Å². The Morgan fingerprint density at radius 3 is 2.52 bits per heavy atom. The topological polar surface area (TPSA) is 42.4 Å². The standard InChI is InChI=1S/C19H24N2O2/c1-14-8-6-10-16(12-14)13-21(18(22)23-19(3,4)5)17-15(2)9-7-11-20-17/h6-12H,13H2,1-5H3. The fourth-order valence-corrected chi connectivity index (χ4v) is 2.30. The third kappa shape index (κ3) is 4.81. The summed E-state index contributed by atoms with van der Waals surface area (Å²) in [5.74, 6) is 0.628. The Kier molecular flexibility index (Phi) is 5.04. The van der Waals surface area contributed by atoms with Gasteiger partial charge in [-0.05, 0) is 51.8 Å². The van der Waals surface area contributed by atoms with E-state index >= 15 is 0 Å². The largest absolute Gasteiger partial charge is 0.443 e. The minimum Gasteiger partial charge on any atom is -0.443 e. The van der Waals surface area contributed by atoms with Gasteiger partial charge in [0.05, 0.1) is 6.54 Å². The van der Waals surface area contributed by atoms with Crippen LogP contribution in [0.5, 0.6) is 0 Å². The van der Waals surface area contributed by atoms with Crippen molar-refractivity contribution in [3.05, 3.63) is 59.3 Å². The van der Waals surface area contributed by atoms with Crippen LogP contribution >= 0.6 is 0 Å². The Morgan fingerprint density at radius 1 is 1.17 bits per heavy atom. The lowest BCUT2D eigenvalue weighted by Crippen LogP contribution is -2.37. The van der Waals surface area contributed by atoms with Crippen molar-refractivity contribution in [2.75, 3.05) is 4.90 Å². The first-order chi connectivity index (χ1) is 10.8. The van der Waals surface area contributed by atoms with Crippen LogP contribution in [-0.2, 0) is 11.3 Å². The highest BCUT2D eigenvalue weighted by molar-refractivity contribution is 5.87. The maximum atomic E-state index is 12.7. The molecule has 0 unspecified atom stereocenters. The van der Waals surface area contributed by atoms with Crippen molar-refractivity contribution in [2.45, 2.75) is 46.8 Å². The molecule has 1 amide bonds. The molecule has 2 aromatic rings. The number of carbonyl (C=O) groups is 1. The molecular formula is C19H24N2O2. The van der Waals surface area contributed by atoms with Crippen molar-refractivity contribution in [2.24, 2.45) is 0 Å². The van der Waals surface area contributed by atoms with Crippen LogP contribution in [0.25, 0.3) is 0 Å². The quantitative estimate of drug-likeness (QED) is 0.829. The molecule has 0 aliphatic rings. The minimum atomic E-state index is -0.551.